The monoisotopic (exact) mass is 283 g/mol. The van der Waals surface area contributed by atoms with Crippen LogP contribution in [0.1, 0.15) is 19.3 Å². The van der Waals surface area contributed by atoms with Gasteiger partial charge in [0.15, 0.2) is 0 Å². The number of hydrazine groups is 1. The number of nitrogens with zero attached hydrogens (tertiary/aromatic N) is 4. The smallest absolute Gasteiger partial charge is 0.243 e. The molecule has 7 nitrogen and oxygen atoms in total. The molecule has 4 N–H and O–H groups in total. The molecule has 2 rings (SSSR count). The minimum absolute atomic E-state index is 0.376. The van der Waals surface area contributed by atoms with E-state index < -0.39 is 0 Å². The first kappa shape index (κ1) is 14.1. The number of anilines is 3. The van der Waals surface area contributed by atoms with Gasteiger partial charge in [-0.15, -0.1) is 0 Å². The summed E-state index contributed by atoms with van der Waals surface area (Å²) in [6.45, 7) is 0. The van der Waals surface area contributed by atoms with Crippen LogP contribution in [-0.4, -0.2) is 46.6 Å². The van der Waals surface area contributed by atoms with E-state index in [-0.39, 0.29) is 0 Å². The third-order valence-electron chi connectivity index (χ3n) is 3.20. The van der Waals surface area contributed by atoms with Crippen molar-refractivity contribution < 1.29 is 0 Å². The van der Waals surface area contributed by atoms with Gasteiger partial charge in [0.25, 0.3) is 0 Å². The number of nitrogens with one attached hydrogen (secondary N) is 2. The van der Waals surface area contributed by atoms with Crippen LogP contribution < -0.4 is 21.5 Å². The highest BCUT2D eigenvalue weighted by atomic mass is 32.2. The van der Waals surface area contributed by atoms with E-state index in [0.717, 1.165) is 18.1 Å². The van der Waals surface area contributed by atoms with Crippen molar-refractivity contribution in [3.8, 4) is 0 Å². The Hall–Kier alpha value is -1.28. The molecule has 0 saturated heterocycles. The van der Waals surface area contributed by atoms with Crippen LogP contribution in [0, 0.1) is 0 Å². The van der Waals surface area contributed by atoms with E-state index in [1.165, 1.54) is 6.42 Å². The zero-order valence-corrected chi connectivity index (χ0v) is 12.4. The highest BCUT2D eigenvalue weighted by Gasteiger charge is 2.24. The predicted octanol–water partition coefficient (Wildman–Crippen LogP) is 0.919. The van der Waals surface area contributed by atoms with Crippen LogP contribution in [0.15, 0.2) is 0 Å². The minimum atomic E-state index is 0.376. The lowest BCUT2D eigenvalue weighted by Crippen LogP contribution is -2.22. The van der Waals surface area contributed by atoms with Gasteiger partial charge in [0, 0.05) is 25.4 Å². The largest absolute Gasteiger partial charge is 0.351 e. The number of rotatable bonds is 5. The van der Waals surface area contributed by atoms with Gasteiger partial charge in [0.2, 0.25) is 17.8 Å². The van der Waals surface area contributed by atoms with Crippen molar-refractivity contribution in [3.05, 3.63) is 0 Å². The molecule has 1 aromatic heterocycles. The molecule has 1 aliphatic carbocycles. The van der Waals surface area contributed by atoms with Gasteiger partial charge in [0.1, 0.15) is 0 Å². The Morgan fingerprint density at radius 3 is 2.53 bits per heavy atom. The molecule has 2 unspecified atom stereocenters. The second-order valence-corrected chi connectivity index (χ2v) is 5.97. The summed E-state index contributed by atoms with van der Waals surface area (Å²) in [7, 11) is 3.78. The maximum Gasteiger partial charge on any atom is 0.243 e. The molecule has 1 aromatic rings. The molecule has 8 heteroatoms. The molecule has 0 radical (unpaired) electrons. The maximum atomic E-state index is 5.39. The lowest BCUT2D eigenvalue weighted by Gasteiger charge is -2.16. The Morgan fingerprint density at radius 2 is 1.95 bits per heavy atom. The number of nitrogens with two attached hydrogens (primary N) is 1. The average molecular weight is 283 g/mol. The summed E-state index contributed by atoms with van der Waals surface area (Å²) in [5.41, 5.74) is 2.47. The van der Waals surface area contributed by atoms with Crippen molar-refractivity contribution in [2.45, 2.75) is 30.6 Å². The second kappa shape index (κ2) is 6.25. The molecule has 1 heterocycles. The molecule has 1 saturated carbocycles. The Bertz CT molecular complexity index is 426. The molecule has 19 heavy (non-hydrogen) atoms. The summed E-state index contributed by atoms with van der Waals surface area (Å²) in [5.74, 6) is 6.93. The third-order valence-corrected chi connectivity index (χ3v) is 4.30. The Kier molecular flexibility index (Phi) is 4.65. The summed E-state index contributed by atoms with van der Waals surface area (Å²) in [6.07, 6.45) is 5.71. The van der Waals surface area contributed by atoms with Crippen molar-refractivity contribution in [1.82, 2.24) is 15.0 Å². The summed E-state index contributed by atoms with van der Waals surface area (Å²) >= 11 is 1.93. The standard InChI is InChI=1S/C11H21N7S/c1-18(2)11-15-9(14-10(16-11)17-12)13-7-4-5-8(6-7)19-3/h7-8H,4-6,12H2,1-3H3,(H2,13,14,15,16,17). The number of hydrogen-bond acceptors (Lipinski definition) is 8. The second-order valence-electron chi connectivity index (χ2n) is 4.83. The average Bonchev–Trinajstić information content (AvgIpc) is 2.85. The lowest BCUT2D eigenvalue weighted by atomic mass is 10.2. The molecule has 1 fully saturated rings. The van der Waals surface area contributed by atoms with Crippen molar-refractivity contribution >= 4 is 29.6 Å². The first-order valence-electron chi connectivity index (χ1n) is 6.31. The summed E-state index contributed by atoms with van der Waals surface area (Å²) < 4.78 is 0. The molecule has 0 bridgehead atoms. The highest BCUT2D eigenvalue weighted by molar-refractivity contribution is 7.99. The SMILES string of the molecule is CSC1CCC(Nc2nc(NN)nc(N(C)C)n2)C1. The Balaban J connectivity index is 2.09. The number of hydrogen-bond donors (Lipinski definition) is 3. The molecule has 0 aliphatic heterocycles. The Morgan fingerprint density at radius 1 is 1.21 bits per heavy atom. The van der Waals surface area contributed by atoms with Crippen LogP contribution in [0.4, 0.5) is 17.8 Å². The van der Waals surface area contributed by atoms with Gasteiger partial charge in [-0.05, 0) is 25.5 Å². The third kappa shape index (κ3) is 3.60. The van der Waals surface area contributed by atoms with E-state index in [0.29, 0.717) is 23.9 Å². The van der Waals surface area contributed by atoms with E-state index in [2.05, 4.69) is 32.0 Å². The first-order valence-corrected chi connectivity index (χ1v) is 7.60. The number of aromatic nitrogens is 3. The molecule has 0 aromatic carbocycles. The minimum Gasteiger partial charge on any atom is -0.351 e. The van der Waals surface area contributed by atoms with Gasteiger partial charge in [-0.2, -0.15) is 26.7 Å². The molecule has 106 valence electrons. The fourth-order valence-electron chi connectivity index (χ4n) is 2.16. The van der Waals surface area contributed by atoms with Gasteiger partial charge >= 0.3 is 0 Å². The van der Waals surface area contributed by atoms with E-state index >= 15 is 0 Å². The van der Waals surface area contributed by atoms with E-state index in [9.17, 15) is 0 Å². The van der Waals surface area contributed by atoms with Gasteiger partial charge in [-0.1, -0.05) is 0 Å². The van der Waals surface area contributed by atoms with Crippen molar-refractivity contribution in [2.24, 2.45) is 5.84 Å². The summed E-state index contributed by atoms with van der Waals surface area (Å²) in [4.78, 5) is 14.6. The number of thioether (sulfide) groups is 1. The van der Waals surface area contributed by atoms with Crippen LogP contribution in [0.25, 0.3) is 0 Å². The topological polar surface area (TPSA) is 92.0 Å². The van der Waals surface area contributed by atoms with Crippen molar-refractivity contribution in [1.29, 1.82) is 0 Å². The van der Waals surface area contributed by atoms with Crippen LogP contribution in [0.3, 0.4) is 0 Å². The fourth-order valence-corrected chi connectivity index (χ4v) is 2.96. The van der Waals surface area contributed by atoms with Crippen LogP contribution in [0.5, 0.6) is 0 Å². The molecule has 0 spiro atoms. The van der Waals surface area contributed by atoms with Crippen molar-refractivity contribution in [2.75, 3.05) is 36.0 Å². The quantitative estimate of drug-likeness (QED) is 0.543. The molecular weight excluding hydrogens is 262 g/mol. The summed E-state index contributed by atoms with van der Waals surface area (Å²) in [6, 6.07) is 0.431. The lowest BCUT2D eigenvalue weighted by molar-refractivity contribution is 0.743. The van der Waals surface area contributed by atoms with Gasteiger partial charge in [0.05, 0.1) is 0 Å². The maximum absolute atomic E-state index is 5.39. The zero-order valence-electron chi connectivity index (χ0n) is 11.6. The first-order chi connectivity index (χ1) is 9.12. The molecule has 1 aliphatic rings. The molecule has 0 amide bonds. The fraction of sp³-hybridized carbons (Fsp3) is 0.727. The van der Waals surface area contributed by atoms with Crippen LogP contribution in [0.2, 0.25) is 0 Å². The van der Waals surface area contributed by atoms with Gasteiger partial charge in [-0.25, -0.2) is 5.84 Å². The Labute approximate surface area is 117 Å². The van der Waals surface area contributed by atoms with E-state index in [1.807, 2.05) is 30.8 Å². The predicted molar refractivity (Wildman–Crippen MR) is 80.5 cm³/mol. The van der Waals surface area contributed by atoms with Crippen LogP contribution in [-0.2, 0) is 0 Å². The molecular formula is C11H21N7S. The van der Waals surface area contributed by atoms with Gasteiger partial charge < -0.3 is 10.2 Å². The normalized spacial score (nSPS) is 22.3. The summed E-state index contributed by atoms with van der Waals surface area (Å²) in [5, 5.41) is 4.11. The van der Waals surface area contributed by atoms with Gasteiger partial charge in [-0.3, -0.25) is 5.43 Å². The molecule has 2 atom stereocenters. The highest BCUT2D eigenvalue weighted by Crippen LogP contribution is 2.29. The van der Waals surface area contributed by atoms with Crippen LogP contribution >= 0.6 is 11.8 Å². The zero-order chi connectivity index (χ0) is 13.8. The van der Waals surface area contributed by atoms with Crippen molar-refractivity contribution in [3.63, 3.8) is 0 Å². The van der Waals surface area contributed by atoms with E-state index in [4.69, 9.17) is 5.84 Å². The number of nitrogen functional groups attached to an aromatic ring is 1. The van der Waals surface area contributed by atoms with E-state index in [1.54, 1.807) is 0 Å².